The maximum absolute atomic E-state index is 15.1. The zero-order valence-corrected chi connectivity index (χ0v) is 21.9. The molecule has 1 aromatic heterocycles. The lowest BCUT2D eigenvalue weighted by Crippen LogP contribution is -2.53. The number of morpholine rings is 1. The van der Waals surface area contributed by atoms with Gasteiger partial charge in [-0.1, -0.05) is 0 Å². The van der Waals surface area contributed by atoms with Crippen molar-refractivity contribution < 1.29 is 28.2 Å². The highest BCUT2D eigenvalue weighted by atomic mass is 19.1. The van der Waals surface area contributed by atoms with Crippen molar-refractivity contribution >= 4 is 22.9 Å². The van der Waals surface area contributed by atoms with E-state index in [0.717, 1.165) is 19.3 Å². The summed E-state index contributed by atoms with van der Waals surface area (Å²) in [7, 11) is 1.65. The number of fused-ring (bicyclic) bond motifs is 1. The molecule has 0 radical (unpaired) electrons. The first-order chi connectivity index (χ1) is 17.1. The highest BCUT2D eigenvalue weighted by Crippen LogP contribution is 2.31. The van der Waals surface area contributed by atoms with E-state index < -0.39 is 17.8 Å². The van der Waals surface area contributed by atoms with Crippen LogP contribution in [0, 0.1) is 12.7 Å². The van der Waals surface area contributed by atoms with Gasteiger partial charge in [-0.05, 0) is 64.7 Å². The van der Waals surface area contributed by atoms with Crippen molar-refractivity contribution in [3.63, 3.8) is 0 Å². The molecule has 1 atom stereocenters. The molecule has 0 unspecified atom stereocenters. The predicted molar refractivity (Wildman–Crippen MR) is 132 cm³/mol. The fourth-order valence-corrected chi connectivity index (χ4v) is 4.56. The smallest absolute Gasteiger partial charge is 0.410 e. The number of benzene rings is 1. The highest BCUT2D eigenvalue weighted by molar-refractivity contribution is 5.85. The van der Waals surface area contributed by atoms with Crippen LogP contribution in [0.4, 0.5) is 9.18 Å². The minimum absolute atomic E-state index is 0.0881. The second-order valence-corrected chi connectivity index (χ2v) is 10.6. The molecule has 10 heteroatoms. The Balaban J connectivity index is 1.51. The van der Waals surface area contributed by atoms with Crippen molar-refractivity contribution in [2.75, 3.05) is 33.4 Å². The van der Waals surface area contributed by atoms with Gasteiger partial charge >= 0.3 is 6.09 Å². The minimum Gasteiger partial charge on any atom is -0.444 e. The quantitative estimate of drug-likeness (QED) is 0.510. The van der Waals surface area contributed by atoms with Crippen molar-refractivity contribution in [2.24, 2.45) is 0 Å². The number of carbonyl (C=O) groups is 2. The number of hydrogen-bond acceptors (Lipinski definition) is 6. The van der Waals surface area contributed by atoms with Crippen LogP contribution >= 0.6 is 0 Å². The lowest BCUT2D eigenvalue weighted by Gasteiger charge is -2.36. The number of rotatable bonds is 8. The van der Waals surface area contributed by atoms with Gasteiger partial charge in [0.25, 0.3) is 5.91 Å². The van der Waals surface area contributed by atoms with E-state index in [4.69, 9.17) is 14.2 Å². The standard InChI is InChI=1S/C26H37FN4O5/c1-17-23-20(27)13-18(14-21(23)31(28-17)9-6-11-34-5)15-30(19-7-8-19)24(32)22-16-29(10-12-35-22)25(33)36-26(2,3)4/h13-14,19,22H,6-12,15-16H2,1-5H3/t22-/m1/s1. The summed E-state index contributed by atoms with van der Waals surface area (Å²) in [4.78, 5) is 29.4. The number of nitrogens with zero attached hydrogens (tertiary/aromatic N) is 4. The number of ether oxygens (including phenoxy) is 3. The van der Waals surface area contributed by atoms with Crippen LogP contribution in [-0.4, -0.2) is 82.7 Å². The number of carbonyl (C=O) groups excluding carboxylic acids is 2. The van der Waals surface area contributed by atoms with E-state index in [-0.39, 0.29) is 37.5 Å². The minimum atomic E-state index is -0.776. The van der Waals surface area contributed by atoms with Gasteiger partial charge in [0.05, 0.1) is 29.7 Å². The van der Waals surface area contributed by atoms with Crippen LogP contribution in [0.3, 0.4) is 0 Å². The molecule has 2 amide bonds. The van der Waals surface area contributed by atoms with E-state index in [2.05, 4.69) is 5.10 Å². The average molecular weight is 505 g/mol. The fourth-order valence-electron chi connectivity index (χ4n) is 4.56. The van der Waals surface area contributed by atoms with Crippen LogP contribution in [0.1, 0.15) is 51.3 Å². The lowest BCUT2D eigenvalue weighted by atomic mass is 10.1. The molecule has 2 heterocycles. The van der Waals surface area contributed by atoms with E-state index in [1.807, 2.05) is 31.5 Å². The Labute approximate surface area is 211 Å². The molecule has 0 N–H and O–H groups in total. The topological polar surface area (TPSA) is 86.1 Å². The van der Waals surface area contributed by atoms with Gasteiger partial charge in [0.2, 0.25) is 0 Å². The molecule has 0 bridgehead atoms. The summed E-state index contributed by atoms with van der Waals surface area (Å²) in [6, 6.07) is 3.50. The van der Waals surface area contributed by atoms with E-state index in [9.17, 15) is 9.59 Å². The molecule has 1 saturated carbocycles. The van der Waals surface area contributed by atoms with Gasteiger partial charge in [0.15, 0.2) is 6.10 Å². The molecular formula is C26H37FN4O5. The number of halogens is 1. The molecule has 1 aliphatic heterocycles. The van der Waals surface area contributed by atoms with Crippen LogP contribution in [0.25, 0.3) is 10.9 Å². The summed E-state index contributed by atoms with van der Waals surface area (Å²) in [6.45, 7) is 9.47. The first-order valence-electron chi connectivity index (χ1n) is 12.6. The van der Waals surface area contributed by atoms with E-state index >= 15 is 4.39 Å². The first-order valence-corrected chi connectivity index (χ1v) is 12.6. The summed E-state index contributed by atoms with van der Waals surface area (Å²) in [5.41, 5.74) is 1.44. The number of amides is 2. The molecule has 1 saturated heterocycles. The molecule has 1 aliphatic carbocycles. The second kappa shape index (κ2) is 10.7. The number of aryl methyl sites for hydroxylation is 2. The van der Waals surface area contributed by atoms with Crippen molar-refractivity contribution in [1.29, 1.82) is 0 Å². The molecule has 198 valence electrons. The van der Waals surface area contributed by atoms with Crippen LogP contribution in [-0.2, 0) is 32.1 Å². The van der Waals surface area contributed by atoms with Gasteiger partial charge in [-0.2, -0.15) is 5.10 Å². The monoisotopic (exact) mass is 504 g/mol. The molecule has 2 fully saturated rings. The van der Waals surface area contributed by atoms with Gasteiger partial charge in [-0.25, -0.2) is 9.18 Å². The van der Waals surface area contributed by atoms with Crippen LogP contribution < -0.4 is 0 Å². The first kappa shape index (κ1) is 26.3. The highest BCUT2D eigenvalue weighted by Gasteiger charge is 2.39. The van der Waals surface area contributed by atoms with Gasteiger partial charge in [0.1, 0.15) is 11.4 Å². The Morgan fingerprint density at radius 3 is 2.69 bits per heavy atom. The summed E-state index contributed by atoms with van der Waals surface area (Å²) >= 11 is 0. The Kier molecular flexibility index (Phi) is 7.85. The Hall–Kier alpha value is -2.72. The predicted octanol–water partition coefficient (Wildman–Crippen LogP) is 3.65. The number of hydrogen-bond donors (Lipinski definition) is 0. The Bertz CT molecular complexity index is 1110. The third-order valence-electron chi connectivity index (χ3n) is 6.38. The zero-order chi connectivity index (χ0) is 26.0. The zero-order valence-electron chi connectivity index (χ0n) is 21.9. The average Bonchev–Trinajstić information content (AvgIpc) is 3.60. The van der Waals surface area contributed by atoms with Gasteiger partial charge in [-0.15, -0.1) is 0 Å². The van der Waals surface area contributed by atoms with Crippen molar-refractivity contribution in [3.05, 3.63) is 29.2 Å². The van der Waals surface area contributed by atoms with E-state index in [1.165, 1.54) is 11.0 Å². The van der Waals surface area contributed by atoms with Gasteiger partial charge < -0.3 is 24.0 Å². The Morgan fingerprint density at radius 1 is 1.28 bits per heavy atom. The third kappa shape index (κ3) is 6.15. The second-order valence-electron chi connectivity index (χ2n) is 10.6. The third-order valence-corrected chi connectivity index (χ3v) is 6.38. The van der Waals surface area contributed by atoms with Crippen LogP contribution in [0.15, 0.2) is 12.1 Å². The molecular weight excluding hydrogens is 467 g/mol. The van der Waals surface area contributed by atoms with Crippen molar-refractivity contribution in [3.8, 4) is 0 Å². The molecule has 36 heavy (non-hydrogen) atoms. The van der Waals surface area contributed by atoms with Crippen LogP contribution in [0.2, 0.25) is 0 Å². The summed E-state index contributed by atoms with van der Waals surface area (Å²) in [5, 5.41) is 5.02. The summed E-state index contributed by atoms with van der Waals surface area (Å²) in [5.74, 6) is -0.526. The Morgan fingerprint density at radius 2 is 2.03 bits per heavy atom. The number of aromatic nitrogens is 2. The van der Waals surface area contributed by atoms with E-state index in [0.29, 0.717) is 41.9 Å². The maximum Gasteiger partial charge on any atom is 0.410 e. The van der Waals surface area contributed by atoms with Gasteiger partial charge in [-0.3, -0.25) is 9.48 Å². The SMILES string of the molecule is COCCCn1nc(C)c2c(F)cc(CN(C(=O)[C@H]3CN(C(=O)OC(C)(C)C)CCO3)C3CC3)cc21. The van der Waals surface area contributed by atoms with Crippen molar-refractivity contribution in [2.45, 2.75) is 77.8 Å². The van der Waals surface area contributed by atoms with Crippen molar-refractivity contribution in [1.82, 2.24) is 19.6 Å². The maximum atomic E-state index is 15.1. The summed E-state index contributed by atoms with van der Waals surface area (Å²) in [6.07, 6.45) is 1.33. The molecule has 2 aromatic rings. The molecule has 4 rings (SSSR count). The molecule has 9 nitrogen and oxygen atoms in total. The van der Waals surface area contributed by atoms with E-state index in [1.54, 1.807) is 18.9 Å². The number of methoxy groups -OCH3 is 1. The van der Waals surface area contributed by atoms with Gasteiger partial charge in [0, 0.05) is 39.4 Å². The largest absolute Gasteiger partial charge is 0.444 e. The lowest BCUT2D eigenvalue weighted by molar-refractivity contribution is -0.150. The molecule has 2 aliphatic rings. The molecule has 1 aromatic carbocycles. The normalized spacial score (nSPS) is 18.5. The molecule has 0 spiro atoms. The fraction of sp³-hybridized carbons (Fsp3) is 0.654. The summed E-state index contributed by atoms with van der Waals surface area (Å²) < 4.78 is 33.3. The van der Waals surface area contributed by atoms with Crippen LogP contribution in [0.5, 0.6) is 0 Å².